The third-order valence-corrected chi connectivity index (χ3v) is 4.70. The van der Waals surface area contributed by atoms with Gasteiger partial charge in [0.05, 0.1) is 12.2 Å². The molecule has 3 heterocycles. The molecule has 1 aliphatic rings. The average molecular weight is 301 g/mol. The first-order valence-electron chi connectivity index (χ1n) is 7.13. The van der Waals surface area contributed by atoms with Crippen LogP contribution in [0.2, 0.25) is 0 Å². The minimum Gasteiger partial charge on any atom is -0.337 e. The highest BCUT2D eigenvalue weighted by molar-refractivity contribution is 7.15. The summed E-state index contributed by atoms with van der Waals surface area (Å²) in [5.74, 6) is 0.212. The van der Waals surface area contributed by atoms with Gasteiger partial charge >= 0.3 is 0 Å². The van der Waals surface area contributed by atoms with Crippen LogP contribution in [0.15, 0.2) is 24.5 Å². The monoisotopic (exact) mass is 301 g/mol. The van der Waals surface area contributed by atoms with Crippen molar-refractivity contribution in [1.29, 1.82) is 0 Å². The van der Waals surface area contributed by atoms with Gasteiger partial charge in [-0.3, -0.25) is 9.78 Å². The van der Waals surface area contributed by atoms with Crippen LogP contribution >= 0.6 is 11.3 Å². The smallest absolute Gasteiger partial charge is 0.228 e. The third-order valence-electron chi connectivity index (χ3n) is 3.57. The number of nitrogens with zero attached hydrogens (tertiary/aromatic N) is 3. The second-order valence-corrected chi connectivity index (χ2v) is 7.44. The Kier molecular flexibility index (Phi) is 3.53. The lowest BCUT2D eigenvalue weighted by atomic mass is 9.94. The molecule has 0 unspecified atom stereocenters. The number of aromatic nitrogens is 2. The van der Waals surface area contributed by atoms with E-state index in [2.05, 4.69) is 4.98 Å². The van der Waals surface area contributed by atoms with Crippen molar-refractivity contribution in [3.05, 3.63) is 35.1 Å². The lowest BCUT2D eigenvalue weighted by Crippen LogP contribution is -2.42. The Bertz CT molecular complexity index is 658. The minimum atomic E-state index is -0.325. The second-order valence-electron chi connectivity index (χ2n) is 6.36. The molecule has 0 spiro atoms. The Morgan fingerprint density at radius 1 is 1.38 bits per heavy atom. The molecule has 0 aromatic carbocycles. The topological polar surface area (TPSA) is 46.1 Å². The molecule has 0 aliphatic carbocycles. The van der Waals surface area contributed by atoms with E-state index >= 15 is 0 Å². The maximum atomic E-state index is 12.4. The van der Waals surface area contributed by atoms with Crippen molar-refractivity contribution >= 4 is 17.2 Å². The zero-order valence-corrected chi connectivity index (χ0v) is 13.4. The van der Waals surface area contributed by atoms with E-state index in [0.29, 0.717) is 6.54 Å². The van der Waals surface area contributed by atoms with Crippen molar-refractivity contribution in [1.82, 2.24) is 14.9 Å². The summed E-state index contributed by atoms with van der Waals surface area (Å²) in [6, 6.07) is 3.94. The van der Waals surface area contributed by atoms with Gasteiger partial charge in [0.2, 0.25) is 5.91 Å². The van der Waals surface area contributed by atoms with E-state index < -0.39 is 0 Å². The van der Waals surface area contributed by atoms with E-state index in [9.17, 15) is 4.79 Å². The number of carbonyl (C=O) groups is 1. The molecule has 21 heavy (non-hydrogen) atoms. The van der Waals surface area contributed by atoms with Gasteiger partial charge in [-0.05, 0) is 12.1 Å². The van der Waals surface area contributed by atoms with Gasteiger partial charge in [0.15, 0.2) is 0 Å². The lowest BCUT2D eigenvalue weighted by molar-refractivity contribution is -0.140. The third kappa shape index (κ3) is 2.83. The number of hydrogen-bond acceptors (Lipinski definition) is 4. The fourth-order valence-corrected chi connectivity index (χ4v) is 3.57. The zero-order valence-electron chi connectivity index (χ0n) is 12.6. The number of carbonyl (C=O) groups excluding carboxylic acids is 1. The summed E-state index contributed by atoms with van der Waals surface area (Å²) in [7, 11) is 0. The molecule has 2 aromatic rings. The van der Waals surface area contributed by atoms with Crippen molar-refractivity contribution in [3.8, 4) is 10.6 Å². The Morgan fingerprint density at radius 3 is 2.86 bits per heavy atom. The fraction of sp³-hybridized carbons (Fsp3) is 0.438. The average Bonchev–Trinajstić information content (AvgIpc) is 2.89. The van der Waals surface area contributed by atoms with Gasteiger partial charge in [-0.2, -0.15) is 0 Å². The number of rotatable bonds is 1. The first-order valence-corrected chi connectivity index (χ1v) is 7.95. The number of hydrogen-bond donors (Lipinski definition) is 0. The molecule has 0 atom stereocenters. The zero-order chi connectivity index (χ0) is 15.0. The van der Waals surface area contributed by atoms with E-state index in [1.807, 2.05) is 44.0 Å². The van der Waals surface area contributed by atoms with Crippen molar-refractivity contribution in [2.75, 3.05) is 6.54 Å². The molecular weight excluding hydrogens is 282 g/mol. The van der Waals surface area contributed by atoms with Gasteiger partial charge in [0.25, 0.3) is 0 Å². The van der Waals surface area contributed by atoms with Gasteiger partial charge < -0.3 is 4.90 Å². The Balaban J connectivity index is 1.84. The first kappa shape index (κ1) is 14.2. The van der Waals surface area contributed by atoms with Crippen LogP contribution in [0, 0.1) is 5.41 Å². The van der Waals surface area contributed by atoms with Crippen molar-refractivity contribution in [2.24, 2.45) is 5.41 Å². The number of thiazole rings is 1. The standard InChI is InChI=1S/C16H19N3OS/c1-16(2,3)15(20)19-8-6-12-13(10-19)21-14(18-12)11-5-4-7-17-9-11/h4-5,7,9H,6,8,10H2,1-3H3. The van der Waals surface area contributed by atoms with Crippen LogP contribution in [0.4, 0.5) is 0 Å². The highest BCUT2D eigenvalue weighted by atomic mass is 32.1. The first-order chi connectivity index (χ1) is 9.95. The number of pyridine rings is 1. The Hall–Kier alpha value is -1.75. The SMILES string of the molecule is CC(C)(C)C(=O)N1CCc2nc(-c3cccnc3)sc2C1. The molecule has 0 saturated carbocycles. The predicted octanol–water partition coefficient (Wildman–Crippen LogP) is 3.14. The van der Waals surface area contributed by atoms with Gasteiger partial charge in [0.1, 0.15) is 5.01 Å². The molecule has 0 saturated heterocycles. The molecule has 5 heteroatoms. The van der Waals surface area contributed by atoms with Gasteiger partial charge in [-0.25, -0.2) is 4.98 Å². The summed E-state index contributed by atoms with van der Waals surface area (Å²) in [4.78, 5) is 24.4. The van der Waals surface area contributed by atoms with Crippen LogP contribution in [0.3, 0.4) is 0 Å². The largest absolute Gasteiger partial charge is 0.337 e. The second kappa shape index (κ2) is 5.22. The molecular formula is C16H19N3OS. The maximum Gasteiger partial charge on any atom is 0.228 e. The molecule has 1 aliphatic heterocycles. The van der Waals surface area contributed by atoms with Crippen LogP contribution in [0.1, 0.15) is 31.3 Å². The molecule has 0 N–H and O–H groups in total. The highest BCUT2D eigenvalue weighted by Crippen LogP contribution is 2.32. The summed E-state index contributed by atoms with van der Waals surface area (Å²) < 4.78 is 0. The van der Waals surface area contributed by atoms with Crippen molar-refractivity contribution < 1.29 is 4.79 Å². The van der Waals surface area contributed by atoms with E-state index in [1.54, 1.807) is 17.5 Å². The summed E-state index contributed by atoms with van der Waals surface area (Å²) in [6.45, 7) is 7.36. The molecule has 0 fully saturated rings. The molecule has 1 amide bonds. The summed E-state index contributed by atoms with van der Waals surface area (Å²) >= 11 is 1.68. The normalized spacial score (nSPS) is 14.9. The summed E-state index contributed by atoms with van der Waals surface area (Å²) in [5.41, 5.74) is 1.86. The molecule has 110 valence electrons. The summed E-state index contributed by atoms with van der Waals surface area (Å²) in [5, 5.41) is 0.998. The maximum absolute atomic E-state index is 12.4. The quantitative estimate of drug-likeness (QED) is 0.813. The van der Waals surface area contributed by atoms with Crippen LogP contribution in [0.5, 0.6) is 0 Å². The van der Waals surface area contributed by atoms with Crippen molar-refractivity contribution in [2.45, 2.75) is 33.7 Å². The number of amides is 1. The number of fused-ring (bicyclic) bond motifs is 1. The predicted molar refractivity (Wildman–Crippen MR) is 83.9 cm³/mol. The van der Waals surface area contributed by atoms with Crippen LogP contribution in [-0.2, 0) is 17.8 Å². The van der Waals surface area contributed by atoms with Crippen LogP contribution < -0.4 is 0 Å². The van der Waals surface area contributed by atoms with E-state index in [1.165, 1.54) is 4.88 Å². The van der Waals surface area contributed by atoms with E-state index in [-0.39, 0.29) is 11.3 Å². The van der Waals surface area contributed by atoms with E-state index in [4.69, 9.17) is 4.98 Å². The van der Waals surface area contributed by atoms with Crippen molar-refractivity contribution in [3.63, 3.8) is 0 Å². The molecule has 4 nitrogen and oxygen atoms in total. The van der Waals surface area contributed by atoms with E-state index in [0.717, 1.165) is 29.2 Å². The molecule has 0 bridgehead atoms. The fourth-order valence-electron chi connectivity index (χ4n) is 2.46. The van der Waals surface area contributed by atoms with Crippen LogP contribution in [0.25, 0.3) is 10.6 Å². The Labute approximate surface area is 128 Å². The van der Waals surface area contributed by atoms with Crippen LogP contribution in [-0.4, -0.2) is 27.3 Å². The van der Waals surface area contributed by atoms with Gasteiger partial charge in [-0.1, -0.05) is 20.8 Å². The lowest BCUT2D eigenvalue weighted by Gasteiger charge is -2.31. The molecule has 2 aromatic heterocycles. The molecule has 0 radical (unpaired) electrons. The minimum absolute atomic E-state index is 0.212. The Morgan fingerprint density at radius 2 is 2.19 bits per heavy atom. The highest BCUT2D eigenvalue weighted by Gasteiger charge is 2.31. The van der Waals surface area contributed by atoms with Gasteiger partial charge in [-0.15, -0.1) is 11.3 Å². The van der Waals surface area contributed by atoms with Gasteiger partial charge in [0, 0.05) is 41.2 Å². The summed E-state index contributed by atoms with van der Waals surface area (Å²) in [6.07, 6.45) is 4.44. The molecule has 3 rings (SSSR count).